The number of nitriles is 1. The molecule has 2 heteroatoms. The van der Waals surface area contributed by atoms with Gasteiger partial charge in [-0.1, -0.05) is 19.9 Å². The Hall–Kier alpha value is -1.49. The molecule has 0 heterocycles. The van der Waals surface area contributed by atoms with Crippen LogP contribution < -0.4 is 4.74 Å². The van der Waals surface area contributed by atoms with Crippen LogP contribution in [0.25, 0.3) is 0 Å². The predicted octanol–water partition coefficient (Wildman–Crippen LogP) is 2.98. The quantitative estimate of drug-likeness (QED) is 0.647. The number of hydrogen-bond donors (Lipinski definition) is 0. The first-order valence-electron chi connectivity index (χ1n) is 4.31. The van der Waals surface area contributed by atoms with Crippen molar-refractivity contribution in [2.45, 2.75) is 26.7 Å². The monoisotopic (exact) mass is 175 g/mol. The minimum atomic E-state index is 0.460. The van der Waals surface area contributed by atoms with E-state index in [0.29, 0.717) is 11.7 Å². The van der Waals surface area contributed by atoms with Gasteiger partial charge in [0.2, 0.25) is 0 Å². The molecule has 0 spiro atoms. The van der Waals surface area contributed by atoms with Gasteiger partial charge in [-0.15, -0.1) is 5.26 Å². The van der Waals surface area contributed by atoms with Gasteiger partial charge >= 0.3 is 0 Å². The Kier molecular flexibility index (Phi) is 2.92. The molecule has 2 nitrogen and oxygen atoms in total. The second-order valence-electron chi connectivity index (χ2n) is 3.37. The molecule has 0 N–H and O–H groups in total. The van der Waals surface area contributed by atoms with Crippen molar-refractivity contribution >= 4 is 0 Å². The van der Waals surface area contributed by atoms with Crippen molar-refractivity contribution in [2.24, 2.45) is 0 Å². The van der Waals surface area contributed by atoms with E-state index in [1.165, 1.54) is 11.1 Å². The maximum Gasteiger partial charge on any atom is 0.292 e. The lowest BCUT2D eigenvalue weighted by atomic mass is 9.98. The lowest BCUT2D eigenvalue weighted by Gasteiger charge is -2.09. The van der Waals surface area contributed by atoms with E-state index in [9.17, 15) is 0 Å². The van der Waals surface area contributed by atoms with E-state index in [4.69, 9.17) is 10.00 Å². The molecule has 0 saturated heterocycles. The topological polar surface area (TPSA) is 33.0 Å². The summed E-state index contributed by atoms with van der Waals surface area (Å²) in [5.74, 6) is 1.08. The molecule has 1 aromatic carbocycles. The van der Waals surface area contributed by atoms with Crippen LogP contribution >= 0.6 is 0 Å². The normalized spacial score (nSPS) is 9.77. The molecule has 68 valence electrons. The van der Waals surface area contributed by atoms with Gasteiger partial charge in [0.1, 0.15) is 5.75 Å². The van der Waals surface area contributed by atoms with Gasteiger partial charge in [-0.3, -0.25) is 0 Å². The van der Waals surface area contributed by atoms with E-state index in [2.05, 4.69) is 20.8 Å². The summed E-state index contributed by atoms with van der Waals surface area (Å²) in [7, 11) is 0. The predicted molar refractivity (Wildman–Crippen MR) is 51.5 cm³/mol. The van der Waals surface area contributed by atoms with E-state index >= 15 is 0 Å². The van der Waals surface area contributed by atoms with Gasteiger partial charge in [0.15, 0.2) is 0 Å². The van der Waals surface area contributed by atoms with Crippen molar-refractivity contribution in [2.75, 3.05) is 0 Å². The zero-order chi connectivity index (χ0) is 9.84. The summed E-state index contributed by atoms with van der Waals surface area (Å²) >= 11 is 0. The maximum atomic E-state index is 8.35. The highest BCUT2D eigenvalue weighted by molar-refractivity contribution is 5.37. The molecule has 0 bridgehead atoms. The average molecular weight is 175 g/mol. The van der Waals surface area contributed by atoms with Gasteiger partial charge in [-0.05, 0) is 36.1 Å². The first kappa shape index (κ1) is 9.60. The van der Waals surface area contributed by atoms with Crippen molar-refractivity contribution in [3.63, 3.8) is 0 Å². The van der Waals surface area contributed by atoms with Crippen molar-refractivity contribution in [3.8, 4) is 12.0 Å². The summed E-state index contributed by atoms with van der Waals surface area (Å²) in [5, 5.41) is 8.35. The fourth-order valence-corrected chi connectivity index (χ4v) is 1.36. The molecule has 1 aromatic rings. The Labute approximate surface area is 78.8 Å². The number of rotatable bonds is 2. The Balaban J connectivity index is 3.05. The highest BCUT2D eigenvalue weighted by atomic mass is 16.5. The Bertz CT molecular complexity index is 336. The van der Waals surface area contributed by atoms with Crippen LogP contribution in [0, 0.1) is 18.4 Å². The van der Waals surface area contributed by atoms with Crippen LogP contribution in [0.4, 0.5) is 0 Å². The number of benzene rings is 1. The summed E-state index contributed by atoms with van der Waals surface area (Å²) < 4.78 is 4.76. The van der Waals surface area contributed by atoms with Crippen molar-refractivity contribution in [3.05, 3.63) is 29.3 Å². The smallest absolute Gasteiger partial charge is 0.292 e. The Morgan fingerprint density at radius 3 is 2.62 bits per heavy atom. The third-order valence-corrected chi connectivity index (χ3v) is 2.04. The number of hydrogen-bond acceptors (Lipinski definition) is 2. The lowest BCUT2D eigenvalue weighted by Crippen LogP contribution is -1.93. The summed E-state index contributed by atoms with van der Waals surface area (Å²) in [6.07, 6.45) is 1.67. The molecule has 0 fully saturated rings. The molecule has 0 unspecified atom stereocenters. The van der Waals surface area contributed by atoms with Gasteiger partial charge in [0.05, 0.1) is 0 Å². The van der Waals surface area contributed by atoms with E-state index in [0.717, 1.165) is 0 Å². The zero-order valence-electron chi connectivity index (χ0n) is 8.16. The number of nitrogens with zero attached hydrogens (tertiary/aromatic N) is 1. The highest BCUT2D eigenvalue weighted by Gasteiger charge is 2.04. The molecular weight excluding hydrogens is 162 g/mol. The van der Waals surface area contributed by atoms with Crippen molar-refractivity contribution in [1.29, 1.82) is 5.26 Å². The van der Waals surface area contributed by atoms with Gasteiger partial charge in [0, 0.05) is 0 Å². The van der Waals surface area contributed by atoms with Crippen molar-refractivity contribution < 1.29 is 4.74 Å². The largest absolute Gasteiger partial charge is 0.388 e. The molecule has 0 aliphatic carbocycles. The molecule has 0 aliphatic heterocycles. The molecule has 0 amide bonds. The van der Waals surface area contributed by atoms with Crippen LogP contribution in [-0.4, -0.2) is 0 Å². The van der Waals surface area contributed by atoms with E-state index < -0.39 is 0 Å². The summed E-state index contributed by atoms with van der Waals surface area (Å²) in [6.45, 7) is 6.31. The van der Waals surface area contributed by atoms with Gasteiger partial charge in [-0.2, -0.15) is 0 Å². The lowest BCUT2D eigenvalue weighted by molar-refractivity contribution is 0.505. The van der Waals surface area contributed by atoms with E-state index in [1.807, 2.05) is 18.2 Å². The molecular formula is C11H13NO. The molecule has 0 aromatic heterocycles. The molecule has 1 rings (SSSR count). The van der Waals surface area contributed by atoms with Gasteiger partial charge in [0.25, 0.3) is 6.26 Å². The highest BCUT2D eigenvalue weighted by Crippen LogP contribution is 2.23. The van der Waals surface area contributed by atoms with E-state index in [-0.39, 0.29) is 0 Å². The van der Waals surface area contributed by atoms with Crippen molar-refractivity contribution in [1.82, 2.24) is 0 Å². The van der Waals surface area contributed by atoms with Gasteiger partial charge < -0.3 is 4.74 Å². The number of aryl methyl sites for hydroxylation is 1. The second-order valence-corrected chi connectivity index (χ2v) is 3.37. The Morgan fingerprint density at radius 2 is 2.08 bits per heavy atom. The maximum absolute atomic E-state index is 8.35. The van der Waals surface area contributed by atoms with E-state index in [1.54, 1.807) is 6.26 Å². The second kappa shape index (κ2) is 3.95. The summed E-state index contributed by atoms with van der Waals surface area (Å²) in [6, 6.07) is 5.70. The average Bonchev–Trinajstić information content (AvgIpc) is 2.08. The van der Waals surface area contributed by atoms with Crippen LogP contribution in [-0.2, 0) is 0 Å². The first-order chi connectivity index (χ1) is 6.15. The molecule has 0 atom stereocenters. The first-order valence-corrected chi connectivity index (χ1v) is 4.31. The van der Waals surface area contributed by atoms with Crippen LogP contribution in [0.5, 0.6) is 5.75 Å². The standard InChI is InChI=1S/C11H13NO/c1-8(2)11-6-10(13-7-12)5-4-9(11)3/h4-6,8H,1-3H3. The minimum absolute atomic E-state index is 0.460. The molecule has 0 saturated carbocycles. The third kappa shape index (κ3) is 2.22. The molecule has 13 heavy (non-hydrogen) atoms. The summed E-state index contributed by atoms with van der Waals surface area (Å²) in [4.78, 5) is 0. The minimum Gasteiger partial charge on any atom is -0.388 e. The van der Waals surface area contributed by atoms with Crippen LogP contribution in [0.1, 0.15) is 30.9 Å². The third-order valence-electron chi connectivity index (χ3n) is 2.04. The van der Waals surface area contributed by atoms with Crippen LogP contribution in [0.2, 0.25) is 0 Å². The van der Waals surface area contributed by atoms with Crippen LogP contribution in [0.3, 0.4) is 0 Å². The SMILES string of the molecule is Cc1ccc(OC#N)cc1C(C)C. The zero-order valence-corrected chi connectivity index (χ0v) is 8.16. The molecule has 0 radical (unpaired) electrons. The van der Waals surface area contributed by atoms with Gasteiger partial charge in [-0.25, -0.2) is 0 Å². The fraction of sp³-hybridized carbons (Fsp3) is 0.364. The molecule has 0 aliphatic rings. The van der Waals surface area contributed by atoms with Crippen LogP contribution in [0.15, 0.2) is 18.2 Å². The Morgan fingerprint density at radius 1 is 1.38 bits per heavy atom. The number of ether oxygens (including phenoxy) is 1. The summed E-state index contributed by atoms with van der Waals surface area (Å²) in [5.41, 5.74) is 2.47. The fourth-order valence-electron chi connectivity index (χ4n) is 1.36.